The number of halogens is 5. The van der Waals surface area contributed by atoms with Gasteiger partial charge >= 0.3 is 12.8 Å². The van der Waals surface area contributed by atoms with Crippen LogP contribution in [0.2, 0.25) is 0 Å². The third kappa shape index (κ3) is 6.50. The molecule has 0 amide bonds. The molecule has 2 aromatic rings. The maximum atomic E-state index is 13.4. The molecule has 0 bridgehead atoms. The van der Waals surface area contributed by atoms with Crippen molar-refractivity contribution in [3.63, 3.8) is 0 Å². The third-order valence-corrected chi connectivity index (χ3v) is 8.40. The number of likely N-dealkylation sites (tertiary alicyclic amines) is 1. The Labute approximate surface area is 201 Å². The molecule has 4 rings (SSSR count). The summed E-state index contributed by atoms with van der Waals surface area (Å²) < 4.78 is 97.1. The van der Waals surface area contributed by atoms with Crippen LogP contribution >= 0.6 is 0 Å². The van der Waals surface area contributed by atoms with E-state index in [4.69, 9.17) is 0 Å². The van der Waals surface area contributed by atoms with Crippen LogP contribution in [0.25, 0.3) is 0 Å². The van der Waals surface area contributed by atoms with E-state index in [9.17, 15) is 30.4 Å². The zero-order chi connectivity index (χ0) is 25.2. The Balaban J connectivity index is 1.45. The number of nitrogens with zero attached hydrogens (tertiary/aromatic N) is 2. The van der Waals surface area contributed by atoms with Crippen molar-refractivity contribution in [3.8, 4) is 5.75 Å². The molecule has 0 radical (unpaired) electrons. The first-order valence-electron chi connectivity index (χ1n) is 11.5. The summed E-state index contributed by atoms with van der Waals surface area (Å²) in [6.45, 7) is -1.08. The Hall–Kier alpha value is -2.24. The summed E-state index contributed by atoms with van der Waals surface area (Å²) in [5.74, 6) is 0.375. The minimum atomic E-state index is -4.54. The molecule has 2 aromatic carbocycles. The molecule has 0 atom stereocenters. The number of sulfonamides is 1. The molecular formula is C24H27F5N2O3S. The van der Waals surface area contributed by atoms with Gasteiger partial charge in [0.15, 0.2) is 0 Å². The summed E-state index contributed by atoms with van der Waals surface area (Å²) in [4.78, 5) is 1.91. The van der Waals surface area contributed by atoms with Crippen molar-refractivity contribution < 1.29 is 35.1 Å². The lowest BCUT2D eigenvalue weighted by Crippen LogP contribution is -2.47. The molecule has 1 aliphatic heterocycles. The maximum absolute atomic E-state index is 13.4. The van der Waals surface area contributed by atoms with Crippen molar-refractivity contribution in [1.82, 2.24) is 9.21 Å². The quantitative estimate of drug-likeness (QED) is 0.419. The molecule has 1 saturated heterocycles. The molecule has 0 N–H and O–H groups in total. The van der Waals surface area contributed by atoms with E-state index >= 15 is 0 Å². The Morgan fingerprint density at radius 3 is 2.17 bits per heavy atom. The van der Waals surface area contributed by atoms with E-state index in [1.165, 1.54) is 10.4 Å². The standard InChI is InChI=1S/C24H27F5N2O3S/c25-23(26)34-22-4-2-1-3-18(22)16-30-13-11-20(12-14-30)31(15-17-5-6-17)35(32,33)21-9-7-19(8-10-21)24(27,28)29/h1-4,7-10,17,20,23H,5-6,11-16H2. The molecule has 2 aliphatic rings. The number of ether oxygens (including phenoxy) is 1. The first-order chi connectivity index (χ1) is 16.5. The van der Waals surface area contributed by atoms with Gasteiger partial charge in [-0.3, -0.25) is 4.90 Å². The fourth-order valence-electron chi connectivity index (χ4n) is 4.40. The van der Waals surface area contributed by atoms with Gasteiger partial charge in [-0.1, -0.05) is 18.2 Å². The van der Waals surface area contributed by atoms with Crippen LogP contribution in [0, 0.1) is 5.92 Å². The van der Waals surface area contributed by atoms with Crippen LogP contribution in [0.5, 0.6) is 5.75 Å². The van der Waals surface area contributed by atoms with Crippen LogP contribution < -0.4 is 4.74 Å². The zero-order valence-corrected chi connectivity index (χ0v) is 19.7. The van der Waals surface area contributed by atoms with Crippen molar-refractivity contribution in [2.75, 3.05) is 19.6 Å². The van der Waals surface area contributed by atoms with E-state index in [2.05, 4.69) is 9.64 Å². The predicted octanol–water partition coefficient (Wildman–Crippen LogP) is 5.37. The number of alkyl halides is 5. The summed E-state index contributed by atoms with van der Waals surface area (Å²) in [6, 6.07) is 9.92. The largest absolute Gasteiger partial charge is 0.434 e. The number of benzene rings is 2. The fourth-order valence-corrected chi connectivity index (χ4v) is 6.16. The van der Waals surface area contributed by atoms with E-state index in [1.54, 1.807) is 18.2 Å². The van der Waals surface area contributed by atoms with Crippen LogP contribution in [-0.2, 0) is 22.7 Å². The first-order valence-corrected chi connectivity index (χ1v) is 12.9. The van der Waals surface area contributed by atoms with Gasteiger partial charge in [0.2, 0.25) is 10.0 Å². The minimum Gasteiger partial charge on any atom is -0.434 e. The Morgan fingerprint density at radius 1 is 0.971 bits per heavy atom. The van der Waals surface area contributed by atoms with Crippen molar-refractivity contribution in [1.29, 1.82) is 0 Å². The van der Waals surface area contributed by atoms with Crippen molar-refractivity contribution in [2.24, 2.45) is 5.92 Å². The van der Waals surface area contributed by atoms with Crippen molar-refractivity contribution in [2.45, 2.75) is 56.0 Å². The summed E-state index contributed by atoms with van der Waals surface area (Å²) >= 11 is 0. The molecule has 1 heterocycles. The van der Waals surface area contributed by atoms with Gasteiger partial charge in [0.25, 0.3) is 0 Å². The van der Waals surface area contributed by atoms with E-state index in [-0.39, 0.29) is 22.6 Å². The van der Waals surface area contributed by atoms with Gasteiger partial charge in [-0.05, 0) is 61.9 Å². The Morgan fingerprint density at radius 2 is 1.60 bits per heavy atom. The smallest absolute Gasteiger partial charge is 0.416 e. The molecular weight excluding hydrogens is 491 g/mol. The normalized spacial score (nSPS) is 18.4. The summed E-state index contributed by atoms with van der Waals surface area (Å²) in [5, 5.41) is 0. The lowest BCUT2D eigenvalue weighted by Gasteiger charge is -2.38. The fraction of sp³-hybridized carbons (Fsp3) is 0.500. The van der Waals surface area contributed by atoms with Gasteiger partial charge in [0.1, 0.15) is 5.75 Å². The molecule has 11 heteroatoms. The highest BCUT2D eigenvalue weighted by molar-refractivity contribution is 7.89. The molecule has 1 aliphatic carbocycles. The highest BCUT2D eigenvalue weighted by Crippen LogP contribution is 2.36. The molecule has 0 aromatic heterocycles. The van der Waals surface area contributed by atoms with Crippen molar-refractivity contribution in [3.05, 3.63) is 59.7 Å². The lowest BCUT2D eigenvalue weighted by molar-refractivity contribution is -0.137. The molecule has 35 heavy (non-hydrogen) atoms. The summed E-state index contributed by atoms with van der Waals surface area (Å²) in [6.07, 6.45) is -1.62. The number of piperidine rings is 1. The van der Waals surface area contributed by atoms with E-state index in [1.807, 2.05) is 0 Å². The van der Waals surface area contributed by atoms with Gasteiger partial charge in [-0.25, -0.2) is 8.42 Å². The second-order valence-corrected chi connectivity index (χ2v) is 10.9. The van der Waals surface area contributed by atoms with E-state index in [0.717, 1.165) is 37.1 Å². The first kappa shape index (κ1) is 25.8. The highest BCUT2D eigenvalue weighted by Gasteiger charge is 2.38. The third-order valence-electron chi connectivity index (χ3n) is 6.47. The Kier molecular flexibility index (Phi) is 7.68. The minimum absolute atomic E-state index is 0.116. The van der Waals surface area contributed by atoms with Gasteiger partial charge in [-0.15, -0.1) is 0 Å². The van der Waals surface area contributed by atoms with Crippen LogP contribution in [0.3, 0.4) is 0 Å². The number of para-hydroxylation sites is 1. The number of hydrogen-bond donors (Lipinski definition) is 0. The summed E-state index contributed by atoms with van der Waals surface area (Å²) in [5.41, 5.74) is -0.270. The molecule has 0 unspecified atom stereocenters. The van der Waals surface area contributed by atoms with Crippen LogP contribution in [0.15, 0.2) is 53.4 Å². The second kappa shape index (κ2) is 10.4. The van der Waals surface area contributed by atoms with Gasteiger partial charge in [0, 0.05) is 37.8 Å². The maximum Gasteiger partial charge on any atom is 0.416 e. The molecule has 2 fully saturated rings. The summed E-state index contributed by atoms with van der Waals surface area (Å²) in [7, 11) is -3.97. The van der Waals surface area contributed by atoms with Crippen LogP contribution in [0.1, 0.15) is 36.8 Å². The molecule has 192 valence electrons. The second-order valence-electron chi connectivity index (χ2n) is 9.03. The molecule has 5 nitrogen and oxygen atoms in total. The average molecular weight is 519 g/mol. The highest BCUT2D eigenvalue weighted by atomic mass is 32.2. The topological polar surface area (TPSA) is 49.9 Å². The number of hydrogen-bond acceptors (Lipinski definition) is 4. The average Bonchev–Trinajstić information content (AvgIpc) is 3.63. The number of rotatable bonds is 9. The monoisotopic (exact) mass is 518 g/mol. The Bertz CT molecular complexity index is 1100. The zero-order valence-electron chi connectivity index (χ0n) is 18.9. The van der Waals surface area contributed by atoms with Gasteiger partial charge in [-0.2, -0.15) is 26.3 Å². The van der Waals surface area contributed by atoms with Gasteiger partial charge < -0.3 is 4.74 Å². The van der Waals surface area contributed by atoms with Crippen LogP contribution in [0.4, 0.5) is 22.0 Å². The molecule has 1 saturated carbocycles. The lowest BCUT2D eigenvalue weighted by atomic mass is 10.0. The molecule has 0 spiro atoms. The van der Waals surface area contributed by atoms with Crippen LogP contribution in [-0.4, -0.2) is 49.9 Å². The van der Waals surface area contributed by atoms with Crippen molar-refractivity contribution >= 4 is 10.0 Å². The predicted molar refractivity (Wildman–Crippen MR) is 119 cm³/mol. The van der Waals surface area contributed by atoms with Gasteiger partial charge in [0.05, 0.1) is 10.5 Å². The van der Waals surface area contributed by atoms with E-state index < -0.39 is 28.4 Å². The SMILES string of the molecule is O=S(=O)(c1ccc(C(F)(F)F)cc1)N(CC1CC1)C1CCN(Cc2ccccc2OC(F)F)CC1. The van der Waals surface area contributed by atoms with E-state index in [0.29, 0.717) is 44.6 Å².